The molecule has 3 aliphatic rings. The van der Waals surface area contributed by atoms with E-state index in [-0.39, 0.29) is 17.9 Å². The summed E-state index contributed by atoms with van der Waals surface area (Å²) in [6, 6.07) is -0.726. The Labute approximate surface area is 127 Å². The Morgan fingerprint density at radius 3 is 2.77 bits per heavy atom. The Bertz CT molecular complexity index is 589. The van der Waals surface area contributed by atoms with Gasteiger partial charge in [-0.05, 0) is 23.6 Å². The minimum absolute atomic E-state index is 0.0459. The van der Waals surface area contributed by atoms with Crippen LogP contribution in [0.1, 0.15) is 26.7 Å². The molecule has 2 heterocycles. The fourth-order valence-electron chi connectivity index (χ4n) is 3.81. The van der Waals surface area contributed by atoms with Crippen molar-refractivity contribution in [1.29, 1.82) is 0 Å². The van der Waals surface area contributed by atoms with E-state index in [4.69, 9.17) is 0 Å². The summed E-state index contributed by atoms with van der Waals surface area (Å²) in [5.74, 6) is 0.0169. The lowest BCUT2D eigenvalue weighted by Gasteiger charge is -2.44. The van der Waals surface area contributed by atoms with Gasteiger partial charge in [0.25, 0.3) is 0 Å². The van der Waals surface area contributed by atoms with Gasteiger partial charge in [0, 0.05) is 17.8 Å². The predicted octanol–water partition coefficient (Wildman–Crippen LogP) is 2.92. The molecule has 1 saturated heterocycles. The van der Waals surface area contributed by atoms with E-state index in [0.717, 1.165) is 16.8 Å². The van der Waals surface area contributed by atoms with Gasteiger partial charge in [-0.15, -0.1) is 0 Å². The van der Waals surface area contributed by atoms with Crippen LogP contribution in [0.4, 0.5) is 13.2 Å². The quantitative estimate of drug-likeness (QED) is 0.850. The Morgan fingerprint density at radius 2 is 2.14 bits per heavy atom. The molecule has 0 aromatic heterocycles. The van der Waals surface area contributed by atoms with Crippen LogP contribution in [0, 0.1) is 5.92 Å². The number of likely N-dealkylation sites (N-methyl/N-ethyl adjacent to an activating group) is 1. The monoisotopic (exact) mass is 312 g/mol. The van der Waals surface area contributed by atoms with Gasteiger partial charge in [0.2, 0.25) is 5.91 Å². The zero-order chi connectivity index (χ0) is 16.1. The lowest BCUT2D eigenvalue weighted by molar-refractivity contribution is -0.145. The highest BCUT2D eigenvalue weighted by atomic mass is 19.4. The van der Waals surface area contributed by atoms with Crippen LogP contribution in [0.5, 0.6) is 0 Å². The number of halogens is 3. The summed E-state index contributed by atoms with van der Waals surface area (Å²) in [4.78, 5) is 13.5. The van der Waals surface area contributed by atoms with Gasteiger partial charge in [-0.3, -0.25) is 9.69 Å². The summed E-state index contributed by atoms with van der Waals surface area (Å²) < 4.78 is 38.4. The van der Waals surface area contributed by atoms with E-state index in [9.17, 15) is 18.0 Å². The molecule has 0 aromatic carbocycles. The summed E-state index contributed by atoms with van der Waals surface area (Å²) in [7, 11) is 0. The van der Waals surface area contributed by atoms with Crippen LogP contribution in [0.25, 0.3) is 0 Å². The van der Waals surface area contributed by atoms with E-state index in [1.807, 2.05) is 24.8 Å². The number of nitrogens with zero attached hydrogens (tertiary/aromatic N) is 1. The number of nitrogens with one attached hydrogen (secondary N) is 1. The number of alkyl halides is 3. The molecule has 1 unspecified atom stereocenters. The molecule has 3 atom stereocenters. The van der Waals surface area contributed by atoms with Crippen molar-refractivity contribution in [3.05, 3.63) is 35.1 Å². The predicted molar refractivity (Wildman–Crippen MR) is 76.8 cm³/mol. The van der Waals surface area contributed by atoms with Crippen molar-refractivity contribution in [2.45, 2.75) is 44.9 Å². The Morgan fingerprint density at radius 1 is 1.41 bits per heavy atom. The van der Waals surface area contributed by atoms with Crippen LogP contribution >= 0.6 is 0 Å². The van der Waals surface area contributed by atoms with Crippen molar-refractivity contribution in [3.8, 4) is 0 Å². The van der Waals surface area contributed by atoms with Crippen molar-refractivity contribution in [2.75, 3.05) is 6.54 Å². The van der Waals surface area contributed by atoms with Crippen LogP contribution in [0.2, 0.25) is 0 Å². The highest BCUT2D eigenvalue weighted by Crippen LogP contribution is 2.41. The molecule has 3 rings (SSSR count). The van der Waals surface area contributed by atoms with E-state index in [1.165, 1.54) is 0 Å². The van der Waals surface area contributed by atoms with Crippen molar-refractivity contribution in [1.82, 2.24) is 10.2 Å². The van der Waals surface area contributed by atoms with Crippen LogP contribution in [-0.4, -0.2) is 35.6 Å². The highest BCUT2D eigenvalue weighted by molar-refractivity contribution is 5.88. The Hall–Kier alpha value is -1.56. The first kappa shape index (κ1) is 15.3. The van der Waals surface area contributed by atoms with Crippen molar-refractivity contribution in [2.24, 2.45) is 5.92 Å². The van der Waals surface area contributed by atoms with Crippen molar-refractivity contribution < 1.29 is 18.0 Å². The van der Waals surface area contributed by atoms with Gasteiger partial charge in [-0.25, -0.2) is 0 Å². The van der Waals surface area contributed by atoms with E-state index in [0.29, 0.717) is 13.0 Å². The molecule has 1 aliphatic carbocycles. The molecular formula is C16H19F3N2O. The molecule has 0 bridgehead atoms. The number of carbonyl (C=O) groups excluding carboxylic acids is 1. The largest absolute Gasteiger partial charge is 0.390 e. The Balaban J connectivity index is 1.99. The molecule has 6 heteroatoms. The zero-order valence-corrected chi connectivity index (χ0v) is 12.6. The third-order valence-electron chi connectivity index (χ3n) is 4.62. The first-order chi connectivity index (χ1) is 10.3. The van der Waals surface area contributed by atoms with E-state index in [2.05, 4.69) is 5.32 Å². The average molecular weight is 312 g/mol. The standard InChI is InChI=1S/C16H19F3N2O/c1-3-21-10(8-16(17,18)19)4-5-11-12-7-14(22)20-13(12)6-9(2)15(11)21/h4-6,9-10,15H,3,7-8H2,1-2H3,(H,20,22)/t9?,10-,15+/m0/s1. The van der Waals surface area contributed by atoms with Crippen molar-refractivity contribution in [3.63, 3.8) is 0 Å². The second-order valence-corrected chi connectivity index (χ2v) is 6.12. The van der Waals surface area contributed by atoms with Gasteiger partial charge in [-0.1, -0.05) is 32.1 Å². The number of rotatable bonds is 2. The Kier molecular flexibility index (Phi) is 3.67. The van der Waals surface area contributed by atoms with Crippen LogP contribution in [0.3, 0.4) is 0 Å². The van der Waals surface area contributed by atoms with Gasteiger partial charge in [-0.2, -0.15) is 13.2 Å². The summed E-state index contributed by atoms with van der Waals surface area (Å²) >= 11 is 0. The zero-order valence-electron chi connectivity index (χ0n) is 12.6. The third kappa shape index (κ3) is 2.60. The number of hydrogen-bond donors (Lipinski definition) is 1. The number of carbonyl (C=O) groups is 1. The van der Waals surface area contributed by atoms with Gasteiger partial charge in [0.05, 0.1) is 12.8 Å². The molecule has 0 radical (unpaired) electrons. The van der Waals surface area contributed by atoms with E-state index in [1.54, 1.807) is 12.2 Å². The first-order valence-corrected chi connectivity index (χ1v) is 7.56. The second kappa shape index (κ2) is 5.26. The number of amides is 1. The smallest absolute Gasteiger partial charge is 0.326 e. The molecule has 1 amide bonds. The summed E-state index contributed by atoms with van der Waals surface area (Å²) in [6.45, 7) is 4.42. The molecule has 22 heavy (non-hydrogen) atoms. The molecule has 0 saturated carbocycles. The summed E-state index contributed by atoms with van der Waals surface area (Å²) in [5.41, 5.74) is 2.76. The van der Waals surface area contributed by atoms with E-state index >= 15 is 0 Å². The first-order valence-electron chi connectivity index (χ1n) is 7.56. The van der Waals surface area contributed by atoms with Crippen LogP contribution in [-0.2, 0) is 4.79 Å². The minimum Gasteiger partial charge on any atom is -0.326 e. The SMILES string of the molecule is CCN1[C@H](CC(F)(F)F)C=CC2=C3CC(=O)NC3=CC(C)[C@H]21. The molecular weight excluding hydrogens is 293 g/mol. The summed E-state index contributed by atoms with van der Waals surface area (Å²) in [5, 5.41) is 2.83. The molecule has 1 N–H and O–H groups in total. The fraction of sp³-hybridized carbons (Fsp3) is 0.562. The lowest BCUT2D eigenvalue weighted by atomic mass is 9.79. The normalized spacial score (nSPS) is 31.8. The molecule has 0 spiro atoms. The molecule has 0 aromatic rings. The van der Waals surface area contributed by atoms with Gasteiger partial charge < -0.3 is 5.32 Å². The maximum Gasteiger partial charge on any atom is 0.390 e. The number of hydrogen-bond acceptors (Lipinski definition) is 2. The minimum atomic E-state index is -4.18. The average Bonchev–Trinajstić information content (AvgIpc) is 2.77. The topological polar surface area (TPSA) is 32.3 Å². The van der Waals surface area contributed by atoms with Gasteiger partial charge in [0.1, 0.15) is 0 Å². The van der Waals surface area contributed by atoms with E-state index < -0.39 is 18.6 Å². The number of allylic oxidation sites excluding steroid dienone is 1. The molecule has 2 aliphatic heterocycles. The van der Waals surface area contributed by atoms with Crippen molar-refractivity contribution >= 4 is 5.91 Å². The maximum atomic E-state index is 12.8. The van der Waals surface area contributed by atoms with Crippen LogP contribution < -0.4 is 5.32 Å². The maximum absolute atomic E-state index is 12.8. The molecule has 120 valence electrons. The van der Waals surface area contributed by atoms with Gasteiger partial charge >= 0.3 is 6.18 Å². The molecule has 3 nitrogen and oxygen atoms in total. The lowest BCUT2D eigenvalue weighted by Crippen LogP contribution is -2.50. The highest BCUT2D eigenvalue weighted by Gasteiger charge is 2.42. The van der Waals surface area contributed by atoms with Gasteiger partial charge in [0.15, 0.2) is 0 Å². The third-order valence-corrected chi connectivity index (χ3v) is 4.62. The molecule has 1 fully saturated rings. The van der Waals surface area contributed by atoms with Crippen LogP contribution in [0.15, 0.2) is 35.1 Å². The summed E-state index contributed by atoms with van der Waals surface area (Å²) in [6.07, 6.45) is 0.700. The number of fused-ring (bicyclic) bond motifs is 2. The fourth-order valence-corrected chi connectivity index (χ4v) is 3.81. The second-order valence-electron chi connectivity index (χ2n) is 6.12.